The van der Waals surface area contributed by atoms with Gasteiger partial charge in [-0.3, -0.25) is 14.9 Å². The maximum Gasteiger partial charge on any atom is 0.259 e. The Morgan fingerprint density at radius 3 is 2.46 bits per heavy atom. The Morgan fingerprint density at radius 2 is 1.68 bits per heavy atom. The van der Waals surface area contributed by atoms with Crippen LogP contribution in [0.3, 0.4) is 0 Å². The average Bonchev–Trinajstić information content (AvgIpc) is 3.34. The van der Waals surface area contributed by atoms with Crippen LogP contribution in [0.5, 0.6) is 5.75 Å². The summed E-state index contributed by atoms with van der Waals surface area (Å²) in [5, 5.41) is 13.9. The molecule has 0 spiro atoms. The van der Waals surface area contributed by atoms with E-state index in [4.69, 9.17) is 9.72 Å². The van der Waals surface area contributed by atoms with Crippen molar-refractivity contribution < 1.29 is 14.3 Å². The molecule has 37 heavy (non-hydrogen) atoms. The van der Waals surface area contributed by atoms with Crippen LogP contribution in [-0.2, 0) is 0 Å². The monoisotopic (exact) mass is 510 g/mol. The van der Waals surface area contributed by atoms with Crippen LogP contribution in [0.1, 0.15) is 27.6 Å². The van der Waals surface area contributed by atoms with Crippen molar-refractivity contribution in [2.75, 3.05) is 19.0 Å². The zero-order chi connectivity index (χ0) is 25.8. The minimum Gasteiger partial charge on any atom is -0.496 e. The van der Waals surface area contributed by atoms with E-state index in [9.17, 15) is 9.59 Å². The van der Waals surface area contributed by atoms with Gasteiger partial charge in [-0.05, 0) is 37.3 Å². The Morgan fingerprint density at radius 1 is 0.892 bits per heavy atom. The standard InChI is InChI=1S/C27H22N6O3S/c1-3-28-24(34)17-10-8-16(9-11-17)21-12-13-22-26(31-21)37-27(32-22)33-25(35)20-15-30-29-14-19(20)18-6-4-5-7-23(18)36-2/h4-15H,3H2,1-2H3,(H,28,34)(H,32,33,35). The summed E-state index contributed by atoms with van der Waals surface area (Å²) in [5.74, 6) is 0.148. The molecule has 0 radical (unpaired) electrons. The number of pyridine rings is 1. The fourth-order valence-corrected chi connectivity index (χ4v) is 4.67. The van der Waals surface area contributed by atoms with E-state index in [0.717, 1.165) is 16.8 Å². The highest BCUT2D eigenvalue weighted by Gasteiger charge is 2.18. The smallest absolute Gasteiger partial charge is 0.259 e. The number of aromatic nitrogens is 4. The summed E-state index contributed by atoms with van der Waals surface area (Å²) in [7, 11) is 1.58. The third kappa shape index (κ3) is 5.00. The third-order valence-corrected chi connectivity index (χ3v) is 6.51. The van der Waals surface area contributed by atoms with Crippen molar-refractivity contribution in [1.29, 1.82) is 0 Å². The lowest BCUT2D eigenvalue weighted by Gasteiger charge is -2.11. The number of carbonyl (C=O) groups excluding carboxylic acids is 2. The average molecular weight is 511 g/mol. The number of thiazole rings is 1. The zero-order valence-electron chi connectivity index (χ0n) is 20.1. The molecule has 3 aromatic heterocycles. The molecule has 2 amide bonds. The maximum absolute atomic E-state index is 13.2. The van der Waals surface area contributed by atoms with Gasteiger partial charge < -0.3 is 10.1 Å². The number of fused-ring (bicyclic) bond motifs is 1. The van der Waals surface area contributed by atoms with E-state index in [1.54, 1.807) is 19.2 Å². The summed E-state index contributed by atoms with van der Waals surface area (Å²) in [6, 6.07) is 18.4. The molecule has 9 nitrogen and oxygen atoms in total. The number of para-hydroxylation sites is 1. The predicted molar refractivity (Wildman–Crippen MR) is 143 cm³/mol. The van der Waals surface area contributed by atoms with Crippen LogP contribution in [0.25, 0.3) is 32.7 Å². The number of anilines is 1. The molecular formula is C27H22N6O3S. The van der Waals surface area contributed by atoms with E-state index < -0.39 is 0 Å². The van der Waals surface area contributed by atoms with E-state index in [2.05, 4.69) is 25.8 Å². The number of methoxy groups -OCH3 is 1. The minimum absolute atomic E-state index is 0.112. The Kier molecular flexibility index (Phi) is 6.82. The number of benzene rings is 2. The van der Waals surface area contributed by atoms with Crippen molar-refractivity contribution in [1.82, 2.24) is 25.5 Å². The van der Waals surface area contributed by atoms with Gasteiger partial charge in [0, 0.05) is 28.8 Å². The van der Waals surface area contributed by atoms with Crippen LogP contribution in [0.15, 0.2) is 73.1 Å². The maximum atomic E-state index is 13.2. The summed E-state index contributed by atoms with van der Waals surface area (Å²) < 4.78 is 5.45. The zero-order valence-corrected chi connectivity index (χ0v) is 20.9. The largest absolute Gasteiger partial charge is 0.496 e. The molecule has 3 heterocycles. The van der Waals surface area contributed by atoms with Crippen LogP contribution < -0.4 is 15.4 Å². The topological polar surface area (TPSA) is 119 Å². The first-order valence-corrected chi connectivity index (χ1v) is 12.3. The van der Waals surface area contributed by atoms with Crippen molar-refractivity contribution in [3.05, 3.63) is 84.2 Å². The fraction of sp³-hybridized carbons (Fsp3) is 0.111. The van der Waals surface area contributed by atoms with Gasteiger partial charge in [-0.2, -0.15) is 10.2 Å². The van der Waals surface area contributed by atoms with Crippen LogP contribution in [0.2, 0.25) is 0 Å². The lowest BCUT2D eigenvalue weighted by Crippen LogP contribution is -2.22. The molecule has 2 aromatic carbocycles. The first-order chi connectivity index (χ1) is 18.1. The number of nitrogens with one attached hydrogen (secondary N) is 2. The lowest BCUT2D eigenvalue weighted by molar-refractivity contribution is 0.0955. The Hall–Kier alpha value is -4.70. The summed E-state index contributed by atoms with van der Waals surface area (Å²) in [6.07, 6.45) is 2.96. The molecule has 0 saturated carbocycles. The first kappa shape index (κ1) is 24.0. The van der Waals surface area contributed by atoms with E-state index in [0.29, 0.717) is 44.5 Å². The molecule has 0 aliphatic rings. The molecule has 0 aliphatic carbocycles. The molecule has 0 bridgehead atoms. The van der Waals surface area contributed by atoms with Gasteiger partial charge in [-0.1, -0.05) is 41.7 Å². The molecule has 0 fully saturated rings. The van der Waals surface area contributed by atoms with E-state index >= 15 is 0 Å². The van der Waals surface area contributed by atoms with Gasteiger partial charge in [0.1, 0.15) is 16.1 Å². The van der Waals surface area contributed by atoms with Gasteiger partial charge in [0.05, 0.1) is 30.8 Å². The Balaban J connectivity index is 1.39. The predicted octanol–water partition coefficient (Wildman–Crippen LogP) is 4.83. The molecule has 0 aliphatic heterocycles. The van der Waals surface area contributed by atoms with Crippen molar-refractivity contribution in [2.24, 2.45) is 0 Å². The number of ether oxygens (including phenoxy) is 1. The molecule has 0 saturated heterocycles. The van der Waals surface area contributed by atoms with Gasteiger partial charge >= 0.3 is 0 Å². The Bertz CT molecular complexity index is 1600. The second kappa shape index (κ2) is 10.5. The van der Waals surface area contributed by atoms with Crippen molar-refractivity contribution >= 4 is 38.6 Å². The summed E-state index contributed by atoms with van der Waals surface area (Å²) >= 11 is 1.27. The van der Waals surface area contributed by atoms with Gasteiger partial charge in [0.25, 0.3) is 11.8 Å². The minimum atomic E-state index is -0.365. The first-order valence-electron chi connectivity index (χ1n) is 11.5. The number of nitrogens with zero attached hydrogens (tertiary/aromatic N) is 4. The number of hydrogen-bond donors (Lipinski definition) is 2. The molecule has 5 aromatic rings. The highest BCUT2D eigenvalue weighted by Crippen LogP contribution is 2.32. The molecule has 184 valence electrons. The van der Waals surface area contributed by atoms with Crippen LogP contribution in [-0.4, -0.2) is 45.6 Å². The van der Waals surface area contributed by atoms with E-state index in [1.165, 1.54) is 23.7 Å². The summed E-state index contributed by atoms with van der Waals surface area (Å²) in [5.41, 5.74) is 4.56. The van der Waals surface area contributed by atoms with Gasteiger partial charge in [0.15, 0.2) is 5.13 Å². The highest BCUT2D eigenvalue weighted by atomic mass is 32.1. The Labute approximate surface area is 216 Å². The number of hydrogen-bond acceptors (Lipinski definition) is 8. The number of carbonyl (C=O) groups is 2. The van der Waals surface area contributed by atoms with Crippen molar-refractivity contribution in [3.8, 4) is 28.1 Å². The molecular weight excluding hydrogens is 488 g/mol. The molecule has 0 atom stereocenters. The lowest BCUT2D eigenvalue weighted by atomic mass is 10.0. The van der Waals surface area contributed by atoms with Gasteiger partial charge in [-0.25, -0.2) is 9.97 Å². The van der Waals surface area contributed by atoms with Crippen LogP contribution in [0.4, 0.5) is 5.13 Å². The highest BCUT2D eigenvalue weighted by molar-refractivity contribution is 7.22. The molecule has 2 N–H and O–H groups in total. The molecule has 5 rings (SSSR count). The normalized spacial score (nSPS) is 10.8. The second-order valence-corrected chi connectivity index (χ2v) is 8.93. The van der Waals surface area contributed by atoms with E-state index in [-0.39, 0.29) is 11.8 Å². The summed E-state index contributed by atoms with van der Waals surface area (Å²) in [4.78, 5) is 35.1. The van der Waals surface area contributed by atoms with Crippen molar-refractivity contribution in [2.45, 2.75) is 6.92 Å². The quantitative estimate of drug-likeness (QED) is 0.322. The van der Waals surface area contributed by atoms with Crippen LogP contribution >= 0.6 is 11.3 Å². The number of amides is 2. The third-order valence-electron chi connectivity index (χ3n) is 5.63. The van der Waals surface area contributed by atoms with Crippen molar-refractivity contribution in [3.63, 3.8) is 0 Å². The van der Waals surface area contributed by atoms with E-state index in [1.807, 2.05) is 55.5 Å². The van der Waals surface area contributed by atoms with Crippen LogP contribution in [0, 0.1) is 0 Å². The summed E-state index contributed by atoms with van der Waals surface area (Å²) in [6.45, 7) is 2.45. The fourth-order valence-electron chi connectivity index (χ4n) is 3.83. The van der Waals surface area contributed by atoms with Gasteiger partial charge in [0.2, 0.25) is 0 Å². The molecule has 0 unspecified atom stereocenters. The second-order valence-electron chi connectivity index (χ2n) is 7.95. The van der Waals surface area contributed by atoms with Gasteiger partial charge in [-0.15, -0.1) is 0 Å². The SMILES string of the molecule is CCNC(=O)c1ccc(-c2ccc3nc(NC(=O)c4cnncc4-c4ccccc4OC)sc3n2)cc1. The number of rotatable bonds is 7. The molecule has 10 heteroatoms.